The topological polar surface area (TPSA) is 55.8 Å². The van der Waals surface area contributed by atoms with Gasteiger partial charge in [0.15, 0.2) is 0 Å². The molecular weight excluding hydrogens is 160 g/mol. The summed E-state index contributed by atoms with van der Waals surface area (Å²) in [5.74, 6) is -0.908. The average molecular weight is 174 g/mol. The summed E-state index contributed by atoms with van der Waals surface area (Å²) in [5, 5.41) is 8.35. The molecule has 0 aromatic carbocycles. The van der Waals surface area contributed by atoms with Crippen molar-refractivity contribution in [2.45, 2.75) is 32.0 Å². The van der Waals surface area contributed by atoms with Crippen molar-refractivity contribution in [2.75, 3.05) is 13.2 Å². The van der Waals surface area contributed by atoms with E-state index in [4.69, 9.17) is 14.6 Å². The molecule has 4 heteroatoms. The van der Waals surface area contributed by atoms with Crippen molar-refractivity contribution in [1.82, 2.24) is 0 Å². The lowest BCUT2D eigenvalue weighted by atomic mass is 10.1. The zero-order chi connectivity index (χ0) is 8.97. The number of hydrogen-bond acceptors (Lipinski definition) is 3. The fourth-order valence-electron chi connectivity index (χ4n) is 1.30. The second-order valence-corrected chi connectivity index (χ2v) is 3.03. The number of ether oxygens (including phenoxy) is 2. The smallest absolute Gasteiger partial charge is 0.329 e. The third-order valence-electron chi connectivity index (χ3n) is 1.88. The molecule has 1 fully saturated rings. The summed E-state index contributed by atoms with van der Waals surface area (Å²) < 4.78 is 10.4. The van der Waals surface area contributed by atoms with Crippen LogP contribution in [0.15, 0.2) is 0 Å². The Bertz CT molecular complexity index is 157. The first-order valence-electron chi connectivity index (χ1n) is 4.13. The van der Waals surface area contributed by atoms with E-state index in [0.717, 1.165) is 12.8 Å². The van der Waals surface area contributed by atoms with Crippen LogP contribution in [0.5, 0.6) is 0 Å². The van der Waals surface area contributed by atoms with Crippen LogP contribution in [-0.4, -0.2) is 36.5 Å². The third-order valence-corrected chi connectivity index (χ3v) is 1.88. The number of aliphatic carboxylic acids is 1. The Morgan fingerprint density at radius 1 is 1.75 bits per heavy atom. The van der Waals surface area contributed by atoms with Crippen LogP contribution in [0.25, 0.3) is 0 Å². The Kier molecular flexibility index (Phi) is 3.49. The summed E-state index contributed by atoms with van der Waals surface area (Å²) in [5.41, 5.74) is 0. The van der Waals surface area contributed by atoms with Gasteiger partial charge in [0.2, 0.25) is 0 Å². The molecule has 1 aliphatic heterocycles. The Hall–Kier alpha value is -0.610. The van der Waals surface area contributed by atoms with Crippen molar-refractivity contribution < 1.29 is 19.4 Å². The molecular formula is C8H14O4. The maximum absolute atomic E-state index is 10.2. The molecule has 2 unspecified atom stereocenters. The molecule has 12 heavy (non-hydrogen) atoms. The van der Waals surface area contributed by atoms with Gasteiger partial charge in [-0.2, -0.15) is 0 Å². The first kappa shape index (κ1) is 9.48. The van der Waals surface area contributed by atoms with Gasteiger partial charge in [-0.15, -0.1) is 0 Å². The van der Waals surface area contributed by atoms with Crippen molar-refractivity contribution in [3.63, 3.8) is 0 Å². The van der Waals surface area contributed by atoms with Gasteiger partial charge in [0.05, 0.1) is 12.2 Å². The number of rotatable bonds is 3. The van der Waals surface area contributed by atoms with Gasteiger partial charge < -0.3 is 14.6 Å². The van der Waals surface area contributed by atoms with Crippen LogP contribution in [0.1, 0.15) is 19.8 Å². The van der Waals surface area contributed by atoms with E-state index in [-0.39, 0.29) is 18.8 Å². The van der Waals surface area contributed by atoms with E-state index in [1.54, 1.807) is 0 Å². The SMILES string of the molecule is CC1CC(OCC(=O)O)CCO1. The molecule has 0 spiro atoms. The van der Waals surface area contributed by atoms with Crippen LogP contribution < -0.4 is 0 Å². The van der Waals surface area contributed by atoms with Gasteiger partial charge in [0.1, 0.15) is 6.61 Å². The van der Waals surface area contributed by atoms with Crippen molar-refractivity contribution in [2.24, 2.45) is 0 Å². The quantitative estimate of drug-likeness (QED) is 0.682. The molecule has 1 rings (SSSR count). The van der Waals surface area contributed by atoms with Gasteiger partial charge in [0.25, 0.3) is 0 Å². The van der Waals surface area contributed by atoms with Crippen molar-refractivity contribution in [1.29, 1.82) is 0 Å². The van der Waals surface area contributed by atoms with Crippen molar-refractivity contribution in [3.05, 3.63) is 0 Å². The van der Waals surface area contributed by atoms with E-state index in [0.29, 0.717) is 6.61 Å². The molecule has 1 aliphatic rings. The van der Waals surface area contributed by atoms with Crippen LogP contribution >= 0.6 is 0 Å². The van der Waals surface area contributed by atoms with Crippen LogP contribution in [0.3, 0.4) is 0 Å². The lowest BCUT2D eigenvalue weighted by molar-refractivity contribution is -0.147. The molecule has 1 N–H and O–H groups in total. The largest absolute Gasteiger partial charge is 0.480 e. The van der Waals surface area contributed by atoms with Gasteiger partial charge >= 0.3 is 5.97 Å². The number of carboxylic acids is 1. The van der Waals surface area contributed by atoms with Gasteiger partial charge in [-0.05, 0) is 19.8 Å². The van der Waals surface area contributed by atoms with E-state index in [2.05, 4.69) is 0 Å². The highest BCUT2D eigenvalue weighted by atomic mass is 16.5. The number of carboxylic acid groups (broad SMARTS) is 1. The zero-order valence-corrected chi connectivity index (χ0v) is 7.16. The molecule has 0 aliphatic carbocycles. The Morgan fingerprint density at radius 3 is 3.08 bits per heavy atom. The van der Waals surface area contributed by atoms with Gasteiger partial charge in [-0.1, -0.05) is 0 Å². The Morgan fingerprint density at radius 2 is 2.50 bits per heavy atom. The Balaban J connectivity index is 2.18. The first-order chi connectivity index (χ1) is 5.68. The van der Waals surface area contributed by atoms with Crippen LogP contribution in [-0.2, 0) is 14.3 Å². The molecule has 0 radical (unpaired) electrons. The monoisotopic (exact) mass is 174 g/mol. The fourth-order valence-corrected chi connectivity index (χ4v) is 1.30. The highest BCUT2D eigenvalue weighted by Gasteiger charge is 2.20. The standard InChI is InChI=1S/C8H14O4/c1-6-4-7(2-3-11-6)12-5-8(9)10/h6-7H,2-5H2,1H3,(H,9,10). The highest BCUT2D eigenvalue weighted by Crippen LogP contribution is 2.15. The second kappa shape index (κ2) is 4.42. The summed E-state index contributed by atoms with van der Waals surface area (Å²) >= 11 is 0. The second-order valence-electron chi connectivity index (χ2n) is 3.03. The van der Waals surface area contributed by atoms with E-state index >= 15 is 0 Å². The minimum absolute atomic E-state index is 0.0600. The third kappa shape index (κ3) is 3.19. The molecule has 1 heterocycles. The molecule has 0 amide bonds. The summed E-state index contributed by atoms with van der Waals surface area (Å²) in [6.07, 6.45) is 1.85. The molecule has 70 valence electrons. The summed E-state index contributed by atoms with van der Waals surface area (Å²) in [6, 6.07) is 0. The zero-order valence-electron chi connectivity index (χ0n) is 7.16. The molecule has 4 nitrogen and oxygen atoms in total. The van der Waals surface area contributed by atoms with Gasteiger partial charge in [-0.25, -0.2) is 4.79 Å². The molecule has 0 aromatic heterocycles. The van der Waals surface area contributed by atoms with Crippen LogP contribution in [0, 0.1) is 0 Å². The van der Waals surface area contributed by atoms with Crippen molar-refractivity contribution >= 4 is 5.97 Å². The maximum atomic E-state index is 10.2. The number of carbonyl (C=O) groups is 1. The van der Waals surface area contributed by atoms with E-state index in [1.807, 2.05) is 6.92 Å². The summed E-state index contributed by atoms with van der Waals surface area (Å²) in [6.45, 7) is 2.44. The average Bonchev–Trinajstić information content (AvgIpc) is 2.01. The summed E-state index contributed by atoms with van der Waals surface area (Å²) in [4.78, 5) is 10.2. The van der Waals surface area contributed by atoms with Gasteiger partial charge in [0, 0.05) is 6.61 Å². The highest BCUT2D eigenvalue weighted by molar-refractivity contribution is 5.68. The van der Waals surface area contributed by atoms with E-state index < -0.39 is 5.97 Å². The maximum Gasteiger partial charge on any atom is 0.329 e. The van der Waals surface area contributed by atoms with E-state index in [1.165, 1.54) is 0 Å². The first-order valence-corrected chi connectivity index (χ1v) is 4.13. The Labute approximate surface area is 71.5 Å². The van der Waals surface area contributed by atoms with Crippen molar-refractivity contribution in [3.8, 4) is 0 Å². The van der Waals surface area contributed by atoms with Gasteiger partial charge in [-0.3, -0.25) is 0 Å². The predicted octanol–water partition coefficient (Wildman–Crippen LogP) is 0.655. The lowest BCUT2D eigenvalue weighted by Gasteiger charge is -2.26. The summed E-state index contributed by atoms with van der Waals surface area (Å²) in [7, 11) is 0. The predicted molar refractivity (Wildman–Crippen MR) is 42.0 cm³/mol. The molecule has 1 saturated heterocycles. The molecule has 2 atom stereocenters. The van der Waals surface area contributed by atoms with Crippen LogP contribution in [0.2, 0.25) is 0 Å². The molecule has 0 bridgehead atoms. The van der Waals surface area contributed by atoms with Crippen LogP contribution in [0.4, 0.5) is 0 Å². The normalized spacial score (nSPS) is 30.1. The molecule has 0 aromatic rings. The minimum Gasteiger partial charge on any atom is -0.480 e. The van der Waals surface area contributed by atoms with E-state index in [9.17, 15) is 4.79 Å². The molecule has 0 saturated carbocycles. The number of hydrogen-bond donors (Lipinski definition) is 1. The fraction of sp³-hybridized carbons (Fsp3) is 0.875. The lowest BCUT2D eigenvalue weighted by Crippen LogP contribution is -2.30. The minimum atomic E-state index is -0.908.